The van der Waals surface area contributed by atoms with Crippen LogP contribution < -0.4 is 10.9 Å². The molecule has 142 valence electrons. The Hall–Kier alpha value is -2.13. The molecule has 0 bridgehead atoms. The van der Waals surface area contributed by atoms with Crippen LogP contribution in [0.4, 0.5) is 5.95 Å². The Balaban J connectivity index is 1.66. The number of carbonyl (C=O) groups is 1. The fraction of sp³-hybridized carbons (Fsp3) is 0.444. The lowest BCUT2D eigenvalue weighted by Gasteiger charge is -2.17. The summed E-state index contributed by atoms with van der Waals surface area (Å²) in [6, 6.07) is 0.171. The Morgan fingerprint density at radius 3 is 2.89 bits per heavy atom. The number of aryl methyl sites for hydroxylation is 2. The van der Waals surface area contributed by atoms with E-state index in [9.17, 15) is 9.59 Å². The number of aromatic amines is 1. The van der Waals surface area contributed by atoms with Gasteiger partial charge in [0.15, 0.2) is 5.16 Å². The lowest BCUT2D eigenvalue weighted by Crippen LogP contribution is -2.27. The van der Waals surface area contributed by atoms with Crippen LogP contribution in [0.1, 0.15) is 42.2 Å². The maximum atomic E-state index is 13.3. The summed E-state index contributed by atoms with van der Waals surface area (Å²) in [4.78, 5) is 39.0. The number of hydrogen-bond acceptors (Lipinski definition) is 6. The number of thiophene rings is 1. The Morgan fingerprint density at radius 2 is 2.19 bits per heavy atom. The van der Waals surface area contributed by atoms with E-state index in [4.69, 9.17) is 4.98 Å². The van der Waals surface area contributed by atoms with Crippen LogP contribution in [-0.2, 0) is 4.79 Å². The van der Waals surface area contributed by atoms with E-state index in [0.29, 0.717) is 11.1 Å². The molecule has 3 heterocycles. The van der Waals surface area contributed by atoms with E-state index in [0.717, 1.165) is 46.3 Å². The summed E-state index contributed by atoms with van der Waals surface area (Å²) in [7, 11) is 0. The minimum atomic E-state index is -0.180. The van der Waals surface area contributed by atoms with Crippen molar-refractivity contribution in [1.29, 1.82) is 0 Å². The predicted molar refractivity (Wildman–Crippen MR) is 109 cm³/mol. The van der Waals surface area contributed by atoms with Crippen LogP contribution in [0.5, 0.6) is 0 Å². The van der Waals surface area contributed by atoms with E-state index in [1.54, 1.807) is 23.7 Å². The van der Waals surface area contributed by atoms with Gasteiger partial charge in [0.2, 0.25) is 11.9 Å². The molecule has 0 saturated heterocycles. The molecule has 7 nitrogen and oxygen atoms in total. The molecule has 0 unspecified atom stereocenters. The van der Waals surface area contributed by atoms with Crippen LogP contribution in [0.2, 0.25) is 0 Å². The molecule has 3 aromatic heterocycles. The van der Waals surface area contributed by atoms with Crippen molar-refractivity contribution in [2.45, 2.75) is 50.7 Å². The first-order valence-electron chi connectivity index (χ1n) is 8.99. The number of anilines is 1. The van der Waals surface area contributed by atoms with E-state index < -0.39 is 0 Å². The number of amides is 1. The van der Waals surface area contributed by atoms with Gasteiger partial charge in [-0.15, -0.1) is 11.3 Å². The summed E-state index contributed by atoms with van der Waals surface area (Å²) in [5.41, 5.74) is 1.05. The van der Waals surface area contributed by atoms with Crippen molar-refractivity contribution in [2.24, 2.45) is 0 Å². The molecule has 9 heteroatoms. The van der Waals surface area contributed by atoms with Crippen LogP contribution in [0, 0.1) is 13.8 Å². The van der Waals surface area contributed by atoms with Gasteiger partial charge in [-0.2, -0.15) is 0 Å². The van der Waals surface area contributed by atoms with Crippen LogP contribution in [-0.4, -0.2) is 31.2 Å². The second-order valence-electron chi connectivity index (χ2n) is 6.75. The first-order chi connectivity index (χ1) is 13.0. The van der Waals surface area contributed by atoms with E-state index in [-0.39, 0.29) is 23.3 Å². The fourth-order valence-corrected chi connectivity index (χ4v) is 5.44. The SMILES string of the molecule is Cc1sc2nc(SCC(=O)Nc3ncc[nH]3)n(C3CCCC3)c(=O)c2c1C. The topological polar surface area (TPSA) is 92.7 Å². The third-order valence-corrected chi connectivity index (χ3v) is 7.03. The van der Waals surface area contributed by atoms with Crippen LogP contribution in [0.25, 0.3) is 10.2 Å². The molecule has 0 radical (unpaired) electrons. The number of rotatable bonds is 5. The van der Waals surface area contributed by atoms with Crippen molar-refractivity contribution >= 4 is 45.2 Å². The molecule has 27 heavy (non-hydrogen) atoms. The van der Waals surface area contributed by atoms with Crippen LogP contribution >= 0.6 is 23.1 Å². The Morgan fingerprint density at radius 1 is 1.41 bits per heavy atom. The number of fused-ring (bicyclic) bond motifs is 1. The van der Waals surface area contributed by atoms with Crippen molar-refractivity contribution in [1.82, 2.24) is 19.5 Å². The number of H-pyrrole nitrogens is 1. The first-order valence-corrected chi connectivity index (χ1v) is 10.8. The lowest BCUT2D eigenvalue weighted by atomic mass is 10.2. The lowest BCUT2D eigenvalue weighted by molar-refractivity contribution is -0.113. The van der Waals surface area contributed by atoms with Gasteiger partial charge in [0.05, 0.1) is 11.1 Å². The number of nitrogens with zero attached hydrogens (tertiary/aromatic N) is 3. The zero-order chi connectivity index (χ0) is 19.0. The third-order valence-electron chi connectivity index (χ3n) is 4.98. The van der Waals surface area contributed by atoms with Gasteiger partial charge in [0.25, 0.3) is 5.56 Å². The average molecular weight is 404 g/mol. The number of carbonyl (C=O) groups excluding carboxylic acids is 1. The summed E-state index contributed by atoms with van der Waals surface area (Å²) >= 11 is 2.86. The van der Waals surface area contributed by atoms with Gasteiger partial charge in [0.1, 0.15) is 4.83 Å². The van der Waals surface area contributed by atoms with E-state index in [1.807, 2.05) is 18.4 Å². The molecular weight excluding hydrogens is 382 g/mol. The minimum Gasteiger partial charge on any atom is -0.331 e. The van der Waals surface area contributed by atoms with E-state index in [2.05, 4.69) is 15.3 Å². The second kappa shape index (κ2) is 7.47. The zero-order valence-electron chi connectivity index (χ0n) is 15.2. The summed E-state index contributed by atoms with van der Waals surface area (Å²) < 4.78 is 1.83. The highest BCUT2D eigenvalue weighted by Gasteiger charge is 2.25. The second-order valence-corrected chi connectivity index (χ2v) is 8.89. The summed E-state index contributed by atoms with van der Waals surface area (Å²) in [5.74, 6) is 0.414. The van der Waals surface area contributed by atoms with Crippen molar-refractivity contribution in [3.8, 4) is 0 Å². The number of imidazole rings is 1. The monoisotopic (exact) mass is 403 g/mol. The molecule has 0 spiro atoms. The first kappa shape index (κ1) is 18.2. The molecule has 0 atom stereocenters. The fourth-order valence-electron chi connectivity index (χ4n) is 3.51. The van der Waals surface area contributed by atoms with Gasteiger partial charge >= 0.3 is 0 Å². The highest BCUT2D eigenvalue weighted by molar-refractivity contribution is 7.99. The molecule has 2 N–H and O–H groups in total. The molecule has 1 amide bonds. The molecule has 3 aromatic rings. The molecular formula is C18H21N5O2S2. The van der Waals surface area contributed by atoms with Gasteiger partial charge in [-0.05, 0) is 32.3 Å². The maximum Gasteiger partial charge on any atom is 0.263 e. The standard InChI is InChI=1S/C18H21N5O2S2/c1-10-11(2)27-15-14(10)16(25)23(12-5-3-4-6-12)18(22-15)26-9-13(24)21-17-19-7-8-20-17/h7-8,12H,3-6,9H2,1-2H3,(H2,19,20,21,24). The Kier molecular flexibility index (Phi) is 5.05. The molecule has 0 aliphatic heterocycles. The minimum absolute atomic E-state index is 0.0303. The molecule has 1 aliphatic carbocycles. The van der Waals surface area contributed by atoms with Gasteiger partial charge in [0, 0.05) is 23.3 Å². The van der Waals surface area contributed by atoms with E-state index in [1.165, 1.54) is 11.8 Å². The summed E-state index contributed by atoms with van der Waals surface area (Å²) in [6.45, 7) is 4.00. The summed E-state index contributed by atoms with van der Waals surface area (Å²) in [5, 5.41) is 4.07. The number of thioether (sulfide) groups is 1. The summed E-state index contributed by atoms with van der Waals surface area (Å²) in [6.07, 6.45) is 7.46. The highest BCUT2D eigenvalue weighted by Crippen LogP contribution is 2.34. The van der Waals surface area contributed by atoms with Crippen molar-refractivity contribution in [3.05, 3.63) is 33.2 Å². The van der Waals surface area contributed by atoms with Gasteiger partial charge in [-0.25, -0.2) is 9.97 Å². The molecule has 4 rings (SSSR count). The van der Waals surface area contributed by atoms with E-state index >= 15 is 0 Å². The van der Waals surface area contributed by atoms with Crippen LogP contribution in [0.15, 0.2) is 22.3 Å². The quantitative estimate of drug-likeness (QED) is 0.501. The molecule has 1 fully saturated rings. The Bertz CT molecular complexity index is 1030. The smallest absolute Gasteiger partial charge is 0.263 e. The van der Waals surface area contributed by atoms with Gasteiger partial charge in [-0.1, -0.05) is 24.6 Å². The third kappa shape index (κ3) is 3.53. The van der Waals surface area contributed by atoms with Gasteiger partial charge in [-0.3, -0.25) is 19.5 Å². The van der Waals surface area contributed by atoms with Crippen molar-refractivity contribution in [3.63, 3.8) is 0 Å². The maximum absolute atomic E-state index is 13.3. The zero-order valence-corrected chi connectivity index (χ0v) is 16.9. The number of aromatic nitrogens is 4. The predicted octanol–water partition coefficient (Wildman–Crippen LogP) is 3.64. The highest BCUT2D eigenvalue weighted by atomic mass is 32.2. The number of hydrogen-bond donors (Lipinski definition) is 2. The van der Waals surface area contributed by atoms with Crippen molar-refractivity contribution < 1.29 is 4.79 Å². The van der Waals surface area contributed by atoms with Crippen molar-refractivity contribution in [2.75, 3.05) is 11.1 Å². The largest absolute Gasteiger partial charge is 0.331 e. The van der Waals surface area contributed by atoms with Gasteiger partial charge < -0.3 is 4.98 Å². The molecule has 1 saturated carbocycles. The normalized spacial score (nSPS) is 14.9. The average Bonchev–Trinajstić information content (AvgIpc) is 3.37. The van der Waals surface area contributed by atoms with Crippen LogP contribution in [0.3, 0.4) is 0 Å². The number of nitrogens with one attached hydrogen (secondary N) is 2. The Labute approximate surface area is 164 Å². The molecule has 0 aromatic carbocycles. The molecule has 1 aliphatic rings.